The Morgan fingerprint density at radius 1 is 0.661 bits per heavy atom. The Morgan fingerprint density at radius 2 is 1.23 bits per heavy atom. The molecule has 0 radical (unpaired) electrons. The molecule has 1 aliphatic rings. The van der Waals surface area contributed by atoms with Crippen molar-refractivity contribution in [3.05, 3.63) is 215 Å². The molecule has 0 unspecified atom stereocenters. The summed E-state index contributed by atoms with van der Waals surface area (Å²) in [6.07, 6.45) is 12.2. The molecule has 0 spiro atoms. The predicted octanol–water partition coefficient (Wildman–Crippen LogP) is 16.3. The fraction of sp³-hybridized carbons (Fsp3) is 0.127. The van der Waals surface area contributed by atoms with Crippen LogP contribution >= 0.6 is 11.3 Å². The highest BCUT2D eigenvalue weighted by molar-refractivity contribution is 7.26. The van der Waals surface area contributed by atoms with Crippen LogP contribution in [0, 0.1) is 0 Å². The lowest BCUT2D eigenvalue weighted by Crippen LogP contribution is -2.15. The number of rotatable bonds is 7. The van der Waals surface area contributed by atoms with E-state index in [-0.39, 0.29) is 5.41 Å². The van der Waals surface area contributed by atoms with Crippen LogP contribution in [0.1, 0.15) is 74.4 Å². The van der Waals surface area contributed by atoms with Crippen molar-refractivity contribution in [2.24, 2.45) is 0 Å². The van der Waals surface area contributed by atoms with E-state index in [9.17, 15) is 0 Å². The minimum atomic E-state index is -0.131. The monoisotopic (exact) mass is 740 g/mol. The number of fused-ring (bicyclic) bond motifs is 9. The summed E-state index contributed by atoms with van der Waals surface area (Å²) in [4.78, 5) is 0. The van der Waals surface area contributed by atoms with Crippen molar-refractivity contribution in [3.8, 4) is 0 Å². The largest absolute Gasteiger partial charge is 0.135 e. The van der Waals surface area contributed by atoms with Crippen LogP contribution in [-0.4, -0.2) is 0 Å². The molecule has 0 saturated carbocycles. The third-order valence-corrected chi connectivity index (χ3v) is 12.8. The van der Waals surface area contributed by atoms with E-state index < -0.39 is 0 Å². The molecule has 0 amide bonds. The number of thiophene rings is 1. The average molecular weight is 741 g/mol. The summed E-state index contributed by atoms with van der Waals surface area (Å²) in [5, 5.41) is 7.77. The van der Waals surface area contributed by atoms with Gasteiger partial charge in [-0.1, -0.05) is 185 Å². The number of benzene rings is 5. The Bertz CT molecular complexity index is 2910. The molecule has 274 valence electrons. The van der Waals surface area contributed by atoms with Crippen LogP contribution in [0.5, 0.6) is 0 Å². The minimum absolute atomic E-state index is 0.131. The van der Waals surface area contributed by atoms with Crippen LogP contribution in [0.3, 0.4) is 0 Å². The number of hydrogen-bond donors (Lipinski definition) is 0. The molecule has 0 bridgehead atoms. The van der Waals surface area contributed by atoms with E-state index in [1.54, 1.807) is 0 Å². The molecule has 0 atom stereocenters. The van der Waals surface area contributed by atoms with Gasteiger partial charge in [0.2, 0.25) is 0 Å². The van der Waals surface area contributed by atoms with Gasteiger partial charge in [-0.15, -0.1) is 11.3 Å². The average Bonchev–Trinajstić information content (AvgIpc) is 3.72. The summed E-state index contributed by atoms with van der Waals surface area (Å²) in [5.41, 5.74) is 13.4. The van der Waals surface area contributed by atoms with Gasteiger partial charge < -0.3 is 0 Å². The Labute approximate surface area is 336 Å². The molecule has 1 heterocycles. The quantitative estimate of drug-likeness (QED) is 0.143. The van der Waals surface area contributed by atoms with E-state index in [0.717, 1.165) is 34.1 Å². The fourth-order valence-corrected chi connectivity index (χ4v) is 10.4. The Hall–Kier alpha value is -6.02. The van der Waals surface area contributed by atoms with Crippen molar-refractivity contribution in [3.63, 3.8) is 0 Å². The van der Waals surface area contributed by atoms with Crippen molar-refractivity contribution in [1.82, 2.24) is 0 Å². The molecular weight excluding hydrogens is 693 g/mol. The van der Waals surface area contributed by atoms with E-state index >= 15 is 0 Å². The first-order chi connectivity index (χ1) is 27.3. The first-order valence-electron chi connectivity index (χ1n) is 19.6. The number of allylic oxidation sites excluding steroid dienone is 8. The Balaban J connectivity index is 1.26. The van der Waals surface area contributed by atoms with E-state index in [2.05, 4.69) is 206 Å². The standard InChI is InChI=1S/C55H48S/c1-8-38(35-36(4)40-24-13-11-12-14-26-42(44-28-18-17-27-43(40)44)37(5)41-25-16-15-23-39(41)9-2)33-34-47-49(10-3)55(6,7)53-51(47)45-29-19-20-30-46(45)52-48-31-21-22-32-50(48)56-54(52)53/h8-32,34-35H,2,5,33H2,1,3-4,6-7H3/b12-11?,13-11?,14-12?,24-13?,26-14?,36-35+,38-8-,40-24?,42-26?,43-40?,44-42?,47-34?,49-10+. The highest BCUT2D eigenvalue weighted by atomic mass is 32.1. The lowest BCUT2D eigenvalue weighted by molar-refractivity contribution is 0.667. The third-order valence-electron chi connectivity index (χ3n) is 11.6. The van der Waals surface area contributed by atoms with E-state index in [4.69, 9.17) is 0 Å². The van der Waals surface area contributed by atoms with Gasteiger partial charge in [0, 0.05) is 25.6 Å². The summed E-state index contributed by atoms with van der Waals surface area (Å²) in [6.45, 7) is 20.2. The summed E-state index contributed by atoms with van der Waals surface area (Å²) in [7, 11) is 0. The molecule has 0 nitrogen and oxygen atoms in total. The highest BCUT2D eigenvalue weighted by Gasteiger charge is 2.41. The van der Waals surface area contributed by atoms with Gasteiger partial charge in [-0.2, -0.15) is 0 Å². The van der Waals surface area contributed by atoms with E-state index in [0.29, 0.717) is 0 Å². The fourth-order valence-electron chi connectivity index (χ4n) is 8.97. The van der Waals surface area contributed by atoms with Crippen LogP contribution in [-0.2, 0) is 5.41 Å². The van der Waals surface area contributed by atoms with Crippen molar-refractivity contribution in [2.75, 3.05) is 0 Å². The van der Waals surface area contributed by atoms with Gasteiger partial charge in [-0.05, 0) is 116 Å². The summed E-state index contributed by atoms with van der Waals surface area (Å²) in [6, 6.07) is 47.9. The molecular formula is C55H48S. The topological polar surface area (TPSA) is 0 Å². The van der Waals surface area contributed by atoms with Gasteiger partial charge in [0.1, 0.15) is 0 Å². The maximum atomic E-state index is 4.64. The van der Waals surface area contributed by atoms with E-state index in [1.165, 1.54) is 75.3 Å². The van der Waals surface area contributed by atoms with Crippen LogP contribution in [0.4, 0.5) is 0 Å². The van der Waals surface area contributed by atoms with Crippen molar-refractivity contribution >= 4 is 75.8 Å². The lowest BCUT2D eigenvalue weighted by Gasteiger charge is -2.23. The van der Waals surface area contributed by atoms with Gasteiger partial charge in [0.05, 0.1) is 0 Å². The zero-order valence-corrected chi connectivity index (χ0v) is 33.9. The zero-order valence-electron chi connectivity index (χ0n) is 33.1. The summed E-state index contributed by atoms with van der Waals surface area (Å²) >= 11 is 1.95. The SMILES string of the molecule is C=Cc1ccccc1C(=C)c1ccccccc(/C(C)=C/C(=C\C)CC=C2/C(=C\C)C(C)(C)c3c2c2ccccc2c2c3sc3ccccc32)c2ccccc12. The lowest BCUT2D eigenvalue weighted by atomic mass is 9.81. The third kappa shape index (κ3) is 6.27. The first kappa shape index (κ1) is 36.9. The van der Waals surface area contributed by atoms with E-state index in [1.807, 2.05) is 17.4 Å². The number of hydrogen-bond acceptors (Lipinski definition) is 1. The highest BCUT2D eigenvalue weighted by Crippen LogP contribution is 2.57. The predicted molar refractivity (Wildman–Crippen MR) is 250 cm³/mol. The van der Waals surface area contributed by atoms with Gasteiger partial charge in [-0.3, -0.25) is 0 Å². The minimum Gasteiger partial charge on any atom is -0.135 e. The molecule has 0 saturated heterocycles. The molecule has 1 heteroatoms. The second kappa shape index (κ2) is 15.3. The normalized spacial score (nSPS) is 15.5. The van der Waals surface area contributed by atoms with Crippen LogP contribution in [0.25, 0.3) is 64.5 Å². The molecule has 0 fully saturated rings. The molecule has 0 aliphatic heterocycles. The first-order valence-corrected chi connectivity index (χ1v) is 20.4. The summed E-state index contributed by atoms with van der Waals surface area (Å²) in [5.74, 6) is 0. The van der Waals surface area contributed by atoms with Crippen LogP contribution in [0.2, 0.25) is 0 Å². The maximum Gasteiger partial charge on any atom is 0.0408 e. The van der Waals surface area contributed by atoms with Crippen molar-refractivity contribution in [2.45, 2.75) is 46.5 Å². The zero-order chi connectivity index (χ0) is 39.0. The van der Waals surface area contributed by atoms with Crippen molar-refractivity contribution < 1.29 is 0 Å². The molecule has 6 aromatic carbocycles. The summed E-state index contributed by atoms with van der Waals surface area (Å²) < 4.78 is 2.77. The van der Waals surface area contributed by atoms with Gasteiger partial charge in [0.25, 0.3) is 0 Å². The second-order valence-electron chi connectivity index (χ2n) is 15.2. The molecule has 0 N–H and O–H groups in total. The molecule has 56 heavy (non-hydrogen) atoms. The molecule has 1 aromatic heterocycles. The second-order valence-corrected chi connectivity index (χ2v) is 16.2. The molecule has 1 aliphatic carbocycles. The van der Waals surface area contributed by atoms with Gasteiger partial charge in [-0.25, -0.2) is 0 Å². The Kier molecular flexibility index (Phi) is 10.1. The van der Waals surface area contributed by atoms with Gasteiger partial charge >= 0.3 is 0 Å². The van der Waals surface area contributed by atoms with Crippen molar-refractivity contribution in [1.29, 1.82) is 0 Å². The van der Waals surface area contributed by atoms with Gasteiger partial charge in [0.15, 0.2) is 0 Å². The molecule has 8 rings (SSSR count). The Morgan fingerprint density at radius 3 is 1.93 bits per heavy atom. The smallest absolute Gasteiger partial charge is 0.0408 e. The maximum absolute atomic E-state index is 4.64. The van der Waals surface area contributed by atoms with Crippen LogP contribution < -0.4 is 0 Å². The molecule has 7 aromatic rings. The van der Waals surface area contributed by atoms with Crippen LogP contribution in [0.15, 0.2) is 182 Å².